The van der Waals surface area contributed by atoms with Gasteiger partial charge in [0.05, 0.1) is 4.92 Å². The molecule has 0 aliphatic rings. The molecule has 6 heteroatoms. The number of ether oxygens (including phenoxy) is 1. The van der Waals surface area contributed by atoms with Crippen LogP contribution in [0.1, 0.15) is 18.1 Å². The fourth-order valence-electron chi connectivity index (χ4n) is 2.05. The van der Waals surface area contributed by atoms with Crippen molar-refractivity contribution >= 4 is 17.3 Å². The number of anilines is 1. The molecular weight excluding hydrogens is 296 g/mol. The van der Waals surface area contributed by atoms with Crippen molar-refractivity contribution in [2.24, 2.45) is 0 Å². The molecule has 0 aromatic heterocycles. The number of aryl methyl sites for hydroxylation is 2. The highest BCUT2D eigenvalue weighted by Crippen LogP contribution is 2.25. The molecule has 0 saturated carbocycles. The van der Waals surface area contributed by atoms with Gasteiger partial charge in [-0.2, -0.15) is 0 Å². The van der Waals surface area contributed by atoms with Crippen LogP contribution in [0, 0.1) is 17.0 Å². The Kier molecular flexibility index (Phi) is 5.30. The summed E-state index contributed by atoms with van der Waals surface area (Å²) in [5.41, 5.74) is 1.96. The maximum absolute atomic E-state index is 11.9. The number of nitrogens with one attached hydrogen (secondary N) is 1. The number of nitro groups is 1. The summed E-state index contributed by atoms with van der Waals surface area (Å²) in [5.74, 6) is 0.132. The third-order valence-corrected chi connectivity index (χ3v) is 3.33. The number of carbonyl (C=O) groups excluding carboxylic acids is 1. The molecule has 0 aliphatic carbocycles. The maximum Gasteiger partial charge on any atom is 0.293 e. The van der Waals surface area contributed by atoms with Crippen LogP contribution in [0.4, 0.5) is 11.4 Å². The fraction of sp³-hybridized carbons (Fsp3) is 0.235. The number of hydrogen-bond acceptors (Lipinski definition) is 4. The lowest BCUT2D eigenvalue weighted by molar-refractivity contribution is -0.384. The van der Waals surface area contributed by atoms with Gasteiger partial charge in [-0.1, -0.05) is 25.1 Å². The van der Waals surface area contributed by atoms with Gasteiger partial charge in [0.25, 0.3) is 11.6 Å². The average Bonchev–Trinajstić information content (AvgIpc) is 2.55. The van der Waals surface area contributed by atoms with Crippen molar-refractivity contribution in [3.8, 4) is 5.75 Å². The van der Waals surface area contributed by atoms with Crippen LogP contribution in [0.15, 0.2) is 42.5 Å². The van der Waals surface area contributed by atoms with Crippen molar-refractivity contribution in [2.75, 3.05) is 11.9 Å². The van der Waals surface area contributed by atoms with Gasteiger partial charge in [-0.05, 0) is 42.7 Å². The summed E-state index contributed by atoms with van der Waals surface area (Å²) in [6, 6.07) is 12.1. The van der Waals surface area contributed by atoms with E-state index in [2.05, 4.69) is 12.2 Å². The van der Waals surface area contributed by atoms with Gasteiger partial charge in [0, 0.05) is 6.07 Å². The molecule has 23 heavy (non-hydrogen) atoms. The van der Waals surface area contributed by atoms with Gasteiger partial charge in [-0.15, -0.1) is 0 Å². The Morgan fingerprint density at radius 3 is 2.52 bits per heavy atom. The molecule has 0 aliphatic heterocycles. The fourth-order valence-corrected chi connectivity index (χ4v) is 2.05. The molecule has 0 fully saturated rings. The minimum Gasteiger partial charge on any atom is -0.484 e. The first-order valence-corrected chi connectivity index (χ1v) is 7.26. The molecule has 120 valence electrons. The van der Waals surface area contributed by atoms with Crippen LogP contribution in [0.25, 0.3) is 0 Å². The standard InChI is InChI=1S/C17H18N2O4/c1-3-13-5-7-14(8-6-13)23-11-17(20)18-15-9-4-12(2)10-16(15)19(21)22/h4-10H,3,11H2,1-2H3,(H,18,20). The summed E-state index contributed by atoms with van der Waals surface area (Å²) in [6.45, 7) is 3.59. The van der Waals surface area contributed by atoms with Gasteiger partial charge in [0.15, 0.2) is 6.61 Å². The normalized spacial score (nSPS) is 10.2. The second-order valence-electron chi connectivity index (χ2n) is 5.11. The van der Waals surface area contributed by atoms with Gasteiger partial charge in [0.2, 0.25) is 0 Å². The first-order valence-electron chi connectivity index (χ1n) is 7.26. The number of carbonyl (C=O) groups is 1. The number of benzene rings is 2. The minimum absolute atomic E-state index is 0.134. The first-order chi connectivity index (χ1) is 11.0. The first kappa shape index (κ1) is 16.5. The van der Waals surface area contributed by atoms with E-state index in [1.54, 1.807) is 25.1 Å². The second-order valence-corrected chi connectivity index (χ2v) is 5.11. The van der Waals surface area contributed by atoms with E-state index in [4.69, 9.17) is 4.74 Å². The number of nitrogens with zero attached hydrogens (tertiary/aromatic N) is 1. The molecule has 0 bridgehead atoms. The maximum atomic E-state index is 11.9. The number of rotatable bonds is 6. The molecule has 0 heterocycles. The van der Waals surface area contributed by atoms with Crippen molar-refractivity contribution in [1.82, 2.24) is 0 Å². The van der Waals surface area contributed by atoms with E-state index in [0.29, 0.717) is 5.75 Å². The zero-order chi connectivity index (χ0) is 16.8. The Labute approximate surface area is 134 Å². The summed E-state index contributed by atoms with van der Waals surface area (Å²) >= 11 is 0. The van der Waals surface area contributed by atoms with Gasteiger partial charge in [0.1, 0.15) is 11.4 Å². The highest BCUT2D eigenvalue weighted by Gasteiger charge is 2.16. The monoisotopic (exact) mass is 314 g/mol. The quantitative estimate of drug-likeness (QED) is 0.653. The van der Waals surface area contributed by atoms with Crippen molar-refractivity contribution in [1.29, 1.82) is 0 Å². The third kappa shape index (κ3) is 4.54. The average molecular weight is 314 g/mol. The van der Waals surface area contributed by atoms with E-state index in [-0.39, 0.29) is 18.0 Å². The Balaban J connectivity index is 1.98. The molecule has 1 amide bonds. The highest BCUT2D eigenvalue weighted by molar-refractivity contribution is 5.94. The van der Waals surface area contributed by atoms with Gasteiger partial charge in [-0.3, -0.25) is 14.9 Å². The highest BCUT2D eigenvalue weighted by atomic mass is 16.6. The van der Waals surface area contributed by atoms with Crippen molar-refractivity contribution in [2.45, 2.75) is 20.3 Å². The van der Waals surface area contributed by atoms with E-state index >= 15 is 0 Å². The molecular formula is C17H18N2O4. The molecule has 0 radical (unpaired) electrons. The van der Waals surface area contributed by atoms with Crippen LogP contribution in [0.5, 0.6) is 5.75 Å². The van der Waals surface area contributed by atoms with E-state index in [9.17, 15) is 14.9 Å². The van der Waals surface area contributed by atoms with E-state index < -0.39 is 10.8 Å². The predicted molar refractivity (Wildman–Crippen MR) is 87.8 cm³/mol. The lowest BCUT2D eigenvalue weighted by atomic mass is 10.2. The molecule has 2 aromatic rings. The van der Waals surface area contributed by atoms with Crippen LogP contribution in [-0.2, 0) is 11.2 Å². The summed E-state index contributed by atoms with van der Waals surface area (Å²) in [7, 11) is 0. The third-order valence-electron chi connectivity index (χ3n) is 3.33. The van der Waals surface area contributed by atoms with E-state index in [0.717, 1.165) is 12.0 Å². The minimum atomic E-state index is -0.521. The topological polar surface area (TPSA) is 81.5 Å². The zero-order valence-electron chi connectivity index (χ0n) is 13.0. The Morgan fingerprint density at radius 2 is 1.91 bits per heavy atom. The van der Waals surface area contributed by atoms with E-state index in [1.165, 1.54) is 17.7 Å². The molecule has 0 atom stereocenters. The molecule has 0 spiro atoms. The smallest absolute Gasteiger partial charge is 0.293 e. The van der Waals surface area contributed by atoms with Crippen LogP contribution in [0.2, 0.25) is 0 Å². The Bertz CT molecular complexity index is 711. The molecule has 0 unspecified atom stereocenters. The lowest BCUT2D eigenvalue weighted by Crippen LogP contribution is -2.20. The largest absolute Gasteiger partial charge is 0.484 e. The molecule has 2 rings (SSSR count). The van der Waals surface area contributed by atoms with Gasteiger partial charge in [-0.25, -0.2) is 0 Å². The predicted octanol–water partition coefficient (Wildman–Crippen LogP) is 3.48. The van der Waals surface area contributed by atoms with Crippen molar-refractivity contribution in [3.05, 3.63) is 63.7 Å². The molecule has 1 N–H and O–H groups in total. The lowest BCUT2D eigenvalue weighted by Gasteiger charge is -2.09. The summed E-state index contributed by atoms with van der Waals surface area (Å²) in [6.07, 6.45) is 0.928. The van der Waals surface area contributed by atoms with Crippen LogP contribution in [0.3, 0.4) is 0 Å². The summed E-state index contributed by atoms with van der Waals surface area (Å²) in [5, 5.41) is 13.5. The molecule has 6 nitrogen and oxygen atoms in total. The Morgan fingerprint density at radius 1 is 1.22 bits per heavy atom. The van der Waals surface area contributed by atoms with Crippen LogP contribution < -0.4 is 10.1 Å². The van der Waals surface area contributed by atoms with Crippen molar-refractivity contribution < 1.29 is 14.5 Å². The summed E-state index contributed by atoms with van der Waals surface area (Å²) in [4.78, 5) is 22.4. The van der Waals surface area contributed by atoms with Gasteiger partial charge >= 0.3 is 0 Å². The van der Waals surface area contributed by atoms with E-state index in [1.807, 2.05) is 12.1 Å². The molecule has 2 aromatic carbocycles. The number of amides is 1. The Hall–Kier alpha value is -2.89. The SMILES string of the molecule is CCc1ccc(OCC(=O)Nc2ccc(C)cc2[N+](=O)[O-])cc1. The van der Waals surface area contributed by atoms with Crippen molar-refractivity contribution in [3.63, 3.8) is 0 Å². The second kappa shape index (κ2) is 7.40. The van der Waals surface area contributed by atoms with Crippen LogP contribution >= 0.6 is 0 Å². The summed E-state index contributed by atoms with van der Waals surface area (Å²) < 4.78 is 5.38. The number of nitro benzene ring substituents is 1. The van der Waals surface area contributed by atoms with Gasteiger partial charge < -0.3 is 10.1 Å². The number of hydrogen-bond donors (Lipinski definition) is 1. The zero-order valence-corrected chi connectivity index (χ0v) is 13.0. The van der Waals surface area contributed by atoms with Crippen LogP contribution in [-0.4, -0.2) is 17.4 Å². The molecule has 0 saturated heterocycles.